The molecule has 1 aliphatic rings. The molecule has 0 radical (unpaired) electrons. The molecule has 152 valence electrons. The van der Waals surface area contributed by atoms with Crippen LogP contribution in [0.4, 0.5) is 5.69 Å². The first-order valence-corrected chi connectivity index (χ1v) is 9.99. The molecule has 0 spiro atoms. The van der Waals surface area contributed by atoms with Crippen LogP contribution in [0.3, 0.4) is 0 Å². The molecule has 6 heteroatoms. The molecule has 0 fully saturated rings. The van der Waals surface area contributed by atoms with Gasteiger partial charge >= 0.3 is 0 Å². The van der Waals surface area contributed by atoms with Crippen LogP contribution in [0.15, 0.2) is 72.8 Å². The molecule has 1 N–H and O–H groups in total. The number of nitrogens with zero attached hydrogens (tertiary/aromatic N) is 1. The number of hydrogen-bond acceptors (Lipinski definition) is 3. The van der Waals surface area contributed by atoms with E-state index in [1.165, 1.54) is 0 Å². The lowest BCUT2D eigenvalue weighted by molar-refractivity contribution is -0.135. The predicted octanol–water partition coefficient (Wildman–Crippen LogP) is 4.46. The summed E-state index contributed by atoms with van der Waals surface area (Å²) in [5, 5.41) is 3.45. The minimum absolute atomic E-state index is 0.0408. The number of carbonyl (C=O) groups excluding carboxylic acids is 2. The van der Waals surface area contributed by atoms with Gasteiger partial charge in [-0.2, -0.15) is 0 Å². The van der Waals surface area contributed by atoms with Gasteiger partial charge in [-0.3, -0.25) is 9.59 Å². The van der Waals surface area contributed by atoms with Gasteiger partial charge in [0.05, 0.1) is 19.6 Å². The number of hydrogen-bond donors (Lipinski definition) is 1. The SMILES string of the molecule is COc1ccc(CC(=O)N2CC(=O)Nc3ccc(Cl)cc3C2c2ccccc2)cc1. The number of ether oxygens (including phenoxy) is 1. The monoisotopic (exact) mass is 420 g/mol. The fourth-order valence-corrected chi connectivity index (χ4v) is 3.90. The Labute approximate surface area is 180 Å². The van der Waals surface area contributed by atoms with E-state index in [2.05, 4.69) is 5.32 Å². The van der Waals surface area contributed by atoms with E-state index >= 15 is 0 Å². The molecule has 3 aromatic carbocycles. The van der Waals surface area contributed by atoms with Crippen molar-refractivity contribution < 1.29 is 14.3 Å². The molecule has 0 saturated heterocycles. The summed E-state index contributed by atoms with van der Waals surface area (Å²) in [5.74, 6) is 0.350. The first-order chi connectivity index (χ1) is 14.5. The maximum Gasteiger partial charge on any atom is 0.244 e. The van der Waals surface area contributed by atoms with E-state index in [1.54, 1.807) is 24.1 Å². The molecule has 0 aromatic heterocycles. The highest BCUT2D eigenvalue weighted by molar-refractivity contribution is 6.30. The van der Waals surface area contributed by atoms with Gasteiger partial charge in [0.1, 0.15) is 12.3 Å². The molecule has 1 aliphatic heterocycles. The summed E-state index contributed by atoms with van der Waals surface area (Å²) in [5.41, 5.74) is 3.23. The molecule has 2 amide bonds. The van der Waals surface area contributed by atoms with E-state index in [9.17, 15) is 9.59 Å². The number of carbonyl (C=O) groups is 2. The highest BCUT2D eigenvalue weighted by Gasteiger charge is 2.33. The minimum Gasteiger partial charge on any atom is -0.497 e. The summed E-state index contributed by atoms with van der Waals surface area (Å²) in [6.45, 7) is -0.0408. The summed E-state index contributed by atoms with van der Waals surface area (Å²) in [7, 11) is 1.60. The van der Waals surface area contributed by atoms with E-state index in [4.69, 9.17) is 16.3 Å². The van der Waals surface area contributed by atoms with Crippen molar-refractivity contribution in [2.45, 2.75) is 12.5 Å². The third-order valence-electron chi connectivity index (χ3n) is 5.16. The standard InChI is InChI=1S/C24H21ClN2O3/c1-30-19-10-7-16(8-11-19)13-23(29)27-15-22(28)26-21-12-9-18(25)14-20(21)24(27)17-5-3-2-4-6-17/h2-12,14,24H,13,15H2,1H3,(H,26,28). The van der Waals surface area contributed by atoms with Crippen LogP contribution in [-0.4, -0.2) is 30.4 Å². The Bertz CT molecular complexity index is 1070. The minimum atomic E-state index is -0.426. The van der Waals surface area contributed by atoms with Crippen molar-refractivity contribution in [3.05, 3.63) is 94.5 Å². The van der Waals surface area contributed by atoms with Crippen molar-refractivity contribution in [1.82, 2.24) is 4.90 Å². The number of benzene rings is 3. The van der Waals surface area contributed by atoms with Gasteiger partial charge in [-0.15, -0.1) is 0 Å². The first kappa shape index (κ1) is 20.0. The lowest BCUT2D eigenvalue weighted by Gasteiger charge is -2.31. The predicted molar refractivity (Wildman–Crippen MR) is 117 cm³/mol. The Morgan fingerprint density at radius 1 is 1.10 bits per heavy atom. The summed E-state index contributed by atoms with van der Waals surface area (Å²) in [4.78, 5) is 27.6. The largest absolute Gasteiger partial charge is 0.497 e. The Kier molecular flexibility index (Phi) is 5.72. The zero-order chi connectivity index (χ0) is 21.1. The van der Waals surface area contributed by atoms with Crippen molar-refractivity contribution in [3.63, 3.8) is 0 Å². The van der Waals surface area contributed by atoms with Gasteiger partial charge < -0.3 is 15.0 Å². The fourth-order valence-electron chi connectivity index (χ4n) is 3.72. The fraction of sp³-hybridized carbons (Fsp3) is 0.167. The van der Waals surface area contributed by atoms with Gasteiger partial charge in [0.25, 0.3) is 0 Å². The van der Waals surface area contributed by atoms with Crippen molar-refractivity contribution in [3.8, 4) is 5.75 Å². The van der Waals surface area contributed by atoms with E-state index in [0.717, 1.165) is 22.4 Å². The molecule has 0 saturated carbocycles. The van der Waals surface area contributed by atoms with Crippen LogP contribution in [0.2, 0.25) is 5.02 Å². The third kappa shape index (κ3) is 4.16. The van der Waals surface area contributed by atoms with Crippen LogP contribution in [0, 0.1) is 0 Å². The molecular weight excluding hydrogens is 400 g/mol. The Morgan fingerprint density at radius 3 is 2.53 bits per heavy atom. The Balaban J connectivity index is 1.75. The number of methoxy groups -OCH3 is 1. The number of rotatable bonds is 4. The second-order valence-corrected chi connectivity index (χ2v) is 7.58. The van der Waals surface area contributed by atoms with Gasteiger partial charge in [-0.25, -0.2) is 0 Å². The maximum atomic E-state index is 13.4. The average Bonchev–Trinajstić information content (AvgIpc) is 2.90. The molecular formula is C24H21ClN2O3. The van der Waals surface area contributed by atoms with Crippen molar-refractivity contribution >= 4 is 29.1 Å². The van der Waals surface area contributed by atoms with E-state index < -0.39 is 6.04 Å². The smallest absolute Gasteiger partial charge is 0.244 e. The molecule has 4 rings (SSSR count). The van der Waals surface area contributed by atoms with Crippen LogP contribution in [0.1, 0.15) is 22.7 Å². The zero-order valence-electron chi connectivity index (χ0n) is 16.5. The molecule has 1 heterocycles. The Morgan fingerprint density at radius 2 is 1.83 bits per heavy atom. The van der Waals surface area contributed by atoms with Crippen LogP contribution in [0.25, 0.3) is 0 Å². The van der Waals surface area contributed by atoms with Crippen LogP contribution >= 0.6 is 11.6 Å². The highest BCUT2D eigenvalue weighted by Crippen LogP contribution is 2.37. The molecule has 30 heavy (non-hydrogen) atoms. The molecule has 0 aliphatic carbocycles. The number of nitrogens with one attached hydrogen (secondary N) is 1. The highest BCUT2D eigenvalue weighted by atomic mass is 35.5. The van der Waals surface area contributed by atoms with E-state index in [1.807, 2.05) is 60.7 Å². The number of halogens is 1. The number of amides is 2. The Hall–Kier alpha value is -3.31. The molecule has 1 unspecified atom stereocenters. The third-order valence-corrected chi connectivity index (χ3v) is 5.39. The number of fused-ring (bicyclic) bond motifs is 1. The molecule has 5 nitrogen and oxygen atoms in total. The van der Waals surface area contributed by atoms with Crippen molar-refractivity contribution in [1.29, 1.82) is 0 Å². The molecule has 1 atom stereocenters. The van der Waals surface area contributed by atoms with Crippen LogP contribution in [-0.2, 0) is 16.0 Å². The lowest BCUT2D eigenvalue weighted by atomic mass is 9.95. The van der Waals surface area contributed by atoms with Gasteiger partial charge in [0.2, 0.25) is 11.8 Å². The van der Waals surface area contributed by atoms with Crippen molar-refractivity contribution in [2.75, 3.05) is 19.0 Å². The quantitative estimate of drug-likeness (QED) is 0.677. The molecule has 0 bridgehead atoms. The van der Waals surface area contributed by atoms with E-state index in [0.29, 0.717) is 10.7 Å². The van der Waals surface area contributed by atoms with Crippen LogP contribution < -0.4 is 10.1 Å². The second kappa shape index (κ2) is 8.59. The maximum absolute atomic E-state index is 13.4. The zero-order valence-corrected chi connectivity index (χ0v) is 17.2. The topological polar surface area (TPSA) is 58.6 Å². The average molecular weight is 421 g/mol. The van der Waals surface area contributed by atoms with Gasteiger partial charge in [-0.1, -0.05) is 54.1 Å². The summed E-state index contributed by atoms with van der Waals surface area (Å²) in [6, 6.07) is 21.9. The van der Waals surface area contributed by atoms with Gasteiger partial charge in [0.15, 0.2) is 0 Å². The number of anilines is 1. The van der Waals surface area contributed by atoms with Crippen LogP contribution in [0.5, 0.6) is 5.75 Å². The normalized spacial score (nSPS) is 15.7. The summed E-state index contributed by atoms with van der Waals surface area (Å²) < 4.78 is 5.19. The first-order valence-electron chi connectivity index (χ1n) is 9.62. The van der Waals surface area contributed by atoms with Gasteiger partial charge in [-0.05, 0) is 41.5 Å². The lowest BCUT2D eigenvalue weighted by Crippen LogP contribution is -2.39. The summed E-state index contributed by atoms with van der Waals surface area (Å²) >= 11 is 6.28. The van der Waals surface area contributed by atoms with Gasteiger partial charge in [0, 0.05) is 16.3 Å². The van der Waals surface area contributed by atoms with E-state index in [-0.39, 0.29) is 24.8 Å². The second-order valence-electron chi connectivity index (χ2n) is 7.14. The molecule has 3 aromatic rings. The van der Waals surface area contributed by atoms with Crippen molar-refractivity contribution in [2.24, 2.45) is 0 Å². The summed E-state index contributed by atoms with van der Waals surface area (Å²) in [6.07, 6.45) is 0.177.